The molecule has 0 bridgehead atoms. The number of halogens is 2. The highest BCUT2D eigenvalue weighted by molar-refractivity contribution is 7.71. The molecule has 0 saturated heterocycles. The first-order valence-corrected chi connectivity index (χ1v) is 8.98. The number of nitrogens with zero attached hydrogens (tertiary/aromatic N) is 2. The molecule has 0 radical (unpaired) electrons. The Morgan fingerprint density at radius 2 is 2.17 bits per heavy atom. The van der Waals surface area contributed by atoms with E-state index in [1.807, 2.05) is 17.5 Å². The lowest BCUT2D eigenvalue weighted by molar-refractivity contribution is -0.118. The zero-order valence-electron chi connectivity index (χ0n) is 12.4. The maximum Gasteiger partial charge on any atom is 0.247 e. The van der Waals surface area contributed by atoms with Gasteiger partial charge < -0.3 is 5.32 Å². The van der Waals surface area contributed by atoms with Gasteiger partial charge in [-0.05, 0) is 48.8 Å². The first-order chi connectivity index (χ1) is 11.5. The number of carbonyl (C=O) groups is 1. The van der Waals surface area contributed by atoms with Gasteiger partial charge in [-0.1, -0.05) is 29.3 Å². The molecule has 124 valence electrons. The SMILES string of the molecule is C[C@@H](C(=O)Nc1ccc(Cl)c(Cl)c1)n1c(-c2cccs2)n[nH]c1=S. The van der Waals surface area contributed by atoms with E-state index >= 15 is 0 Å². The molecule has 24 heavy (non-hydrogen) atoms. The maximum absolute atomic E-state index is 12.6. The molecule has 0 spiro atoms. The third-order valence-electron chi connectivity index (χ3n) is 3.40. The maximum atomic E-state index is 12.6. The van der Waals surface area contributed by atoms with E-state index < -0.39 is 6.04 Å². The van der Waals surface area contributed by atoms with E-state index in [0.29, 0.717) is 26.3 Å². The molecule has 2 heterocycles. The predicted molar refractivity (Wildman–Crippen MR) is 101 cm³/mol. The normalized spacial score (nSPS) is 12.1. The Bertz CT molecular complexity index is 933. The molecule has 0 aliphatic rings. The minimum Gasteiger partial charge on any atom is -0.324 e. The number of H-pyrrole nitrogens is 1. The van der Waals surface area contributed by atoms with E-state index in [0.717, 1.165) is 4.88 Å². The number of hydrogen-bond donors (Lipinski definition) is 2. The molecule has 0 aliphatic heterocycles. The molecule has 0 saturated carbocycles. The molecule has 2 N–H and O–H groups in total. The van der Waals surface area contributed by atoms with Crippen LogP contribution in [-0.4, -0.2) is 20.7 Å². The molecular weight excluding hydrogens is 387 g/mol. The van der Waals surface area contributed by atoms with E-state index in [2.05, 4.69) is 15.5 Å². The van der Waals surface area contributed by atoms with E-state index in [9.17, 15) is 4.79 Å². The van der Waals surface area contributed by atoms with Crippen molar-refractivity contribution in [1.29, 1.82) is 0 Å². The molecule has 0 aliphatic carbocycles. The number of nitrogens with one attached hydrogen (secondary N) is 2. The Hall–Kier alpha value is -1.67. The van der Waals surface area contributed by atoms with Gasteiger partial charge in [0.2, 0.25) is 5.91 Å². The second-order valence-corrected chi connectivity index (χ2v) is 7.14. The van der Waals surface area contributed by atoms with Crippen LogP contribution in [0.15, 0.2) is 35.7 Å². The van der Waals surface area contributed by atoms with Crippen LogP contribution in [0.4, 0.5) is 5.69 Å². The molecule has 3 aromatic rings. The number of thiophene rings is 1. The molecule has 5 nitrogen and oxygen atoms in total. The molecule has 1 amide bonds. The predicted octanol–water partition coefficient (Wildman–Crippen LogP) is 5.18. The van der Waals surface area contributed by atoms with Crippen LogP contribution in [0.5, 0.6) is 0 Å². The smallest absolute Gasteiger partial charge is 0.247 e. The quantitative estimate of drug-likeness (QED) is 0.595. The van der Waals surface area contributed by atoms with E-state index in [-0.39, 0.29) is 5.91 Å². The number of carbonyl (C=O) groups excluding carboxylic acids is 1. The first kappa shape index (κ1) is 17.2. The fourth-order valence-corrected chi connectivity index (χ4v) is 3.48. The number of amides is 1. The summed E-state index contributed by atoms with van der Waals surface area (Å²) >= 11 is 18.7. The van der Waals surface area contributed by atoms with Gasteiger partial charge in [0, 0.05) is 5.69 Å². The summed E-state index contributed by atoms with van der Waals surface area (Å²) in [7, 11) is 0. The largest absolute Gasteiger partial charge is 0.324 e. The van der Waals surface area contributed by atoms with Gasteiger partial charge in [0.1, 0.15) is 6.04 Å². The molecular formula is C15H12Cl2N4OS2. The van der Waals surface area contributed by atoms with Crippen molar-refractivity contribution in [2.45, 2.75) is 13.0 Å². The average molecular weight is 399 g/mol. The number of benzene rings is 1. The highest BCUT2D eigenvalue weighted by Crippen LogP contribution is 2.28. The number of anilines is 1. The van der Waals surface area contributed by atoms with E-state index in [1.54, 1.807) is 29.7 Å². The van der Waals surface area contributed by atoms with Crippen LogP contribution in [0, 0.1) is 4.77 Å². The Morgan fingerprint density at radius 1 is 1.38 bits per heavy atom. The van der Waals surface area contributed by atoms with Crippen LogP contribution in [0.1, 0.15) is 13.0 Å². The standard InChI is InChI=1S/C15H12Cl2N4OS2/c1-8(14(22)18-9-4-5-10(16)11(17)7-9)21-13(19-20-15(21)23)12-3-2-6-24-12/h2-8H,1H3,(H,18,22)(H,20,23)/t8-/m0/s1. The van der Waals surface area contributed by atoms with Crippen molar-refractivity contribution in [2.24, 2.45) is 0 Å². The summed E-state index contributed by atoms with van der Waals surface area (Å²) in [4.78, 5) is 13.5. The van der Waals surface area contributed by atoms with Gasteiger partial charge in [-0.25, -0.2) is 0 Å². The molecule has 3 rings (SSSR count). The minimum atomic E-state index is -0.553. The monoisotopic (exact) mass is 398 g/mol. The Labute approximate surface area is 157 Å². The van der Waals surface area contributed by atoms with Gasteiger partial charge in [-0.2, -0.15) is 5.10 Å². The van der Waals surface area contributed by atoms with Crippen molar-refractivity contribution in [1.82, 2.24) is 14.8 Å². The van der Waals surface area contributed by atoms with Gasteiger partial charge in [-0.15, -0.1) is 11.3 Å². The fourth-order valence-electron chi connectivity index (χ4n) is 2.18. The van der Waals surface area contributed by atoms with Crippen LogP contribution in [0.3, 0.4) is 0 Å². The number of rotatable bonds is 4. The second-order valence-electron chi connectivity index (χ2n) is 4.99. The number of hydrogen-bond acceptors (Lipinski definition) is 4. The summed E-state index contributed by atoms with van der Waals surface area (Å²) in [6, 6.07) is 8.21. The van der Waals surface area contributed by atoms with Gasteiger partial charge in [0.15, 0.2) is 10.6 Å². The lowest BCUT2D eigenvalue weighted by atomic mass is 10.2. The average Bonchev–Trinajstić information content (AvgIpc) is 3.19. The third-order valence-corrected chi connectivity index (χ3v) is 5.29. The highest BCUT2D eigenvalue weighted by atomic mass is 35.5. The Kier molecular flexibility index (Phi) is 5.05. The van der Waals surface area contributed by atoms with Gasteiger partial charge in [-0.3, -0.25) is 14.5 Å². The first-order valence-electron chi connectivity index (χ1n) is 6.94. The molecule has 9 heteroatoms. The topological polar surface area (TPSA) is 62.7 Å². The van der Waals surface area contributed by atoms with Crippen molar-refractivity contribution in [2.75, 3.05) is 5.32 Å². The van der Waals surface area contributed by atoms with Crippen LogP contribution in [0.2, 0.25) is 10.0 Å². The van der Waals surface area contributed by atoms with Crippen LogP contribution in [-0.2, 0) is 4.79 Å². The minimum absolute atomic E-state index is 0.233. The van der Waals surface area contributed by atoms with Crippen molar-refractivity contribution in [3.63, 3.8) is 0 Å². The van der Waals surface area contributed by atoms with E-state index in [4.69, 9.17) is 35.4 Å². The van der Waals surface area contributed by atoms with Crippen LogP contribution < -0.4 is 5.32 Å². The Morgan fingerprint density at radius 3 is 2.83 bits per heavy atom. The lowest BCUT2D eigenvalue weighted by Crippen LogP contribution is -2.24. The van der Waals surface area contributed by atoms with Gasteiger partial charge in [0.25, 0.3) is 0 Å². The fraction of sp³-hybridized carbons (Fsp3) is 0.133. The second kappa shape index (κ2) is 7.06. The van der Waals surface area contributed by atoms with Crippen molar-refractivity contribution >= 4 is 58.4 Å². The zero-order valence-corrected chi connectivity index (χ0v) is 15.6. The summed E-state index contributed by atoms with van der Waals surface area (Å²) in [6.07, 6.45) is 0. The van der Waals surface area contributed by atoms with Crippen molar-refractivity contribution in [3.8, 4) is 10.7 Å². The van der Waals surface area contributed by atoms with Gasteiger partial charge in [0.05, 0.1) is 14.9 Å². The van der Waals surface area contributed by atoms with Crippen molar-refractivity contribution in [3.05, 3.63) is 50.5 Å². The summed E-state index contributed by atoms with van der Waals surface area (Å²) in [6.45, 7) is 1.76. The summed E-state index contributed by atoms with van der Waals surface area (Å²) in [5, 5.41) is 12.5. The summed E-state index contributed by atoms with van der Waals surface area (Å²) in [5.74, 6) is 0.399. The molecule has 0 unspecified atom stereocenters. The number of aromatic amines is 1. The highest BCUT2D eigenvalue weighted by Gasteiger charge is 2.21. The third kappa shape index (κ3) is 3.39. The molecule has 1 aromatic carbocycles. The molecule has 2 aromatic heterocycles. The van der Waals surface area contributed by atoms with Crippen LogP contribution in [0.25, 0.3) is 10.7 Å². The molecule has 1 atom stereocenters. The lowest BCUT2D eigenvalue weighted by Gasteiger charge is -2.15. The summed E-state index contributed by atoms with van der Waals surface area (Å²) < 4.78 is 2.07. The van der Waals surface area contributed by atoms with E-state index in [1.165, 1.54) is 11.3 Å². The summed E-state index contributed by atoms with van der Waals surface area (Å²) in [5.41, 5.74) is 0.564. The van der Waals surface area contributed by atoms with Gasteiger partial charge >= 0.3 is 0 Å². The van der Waals surface area contributed by atoms with Crippen LogP contribution >= 0.6 is 46.8 Å². The zero-order chi connectivity index (χ0) is 17.3. The number of aromatic nitrogens is 3. The Balaban J connectivity index is 1.88. The molecule has 0 fully saturated rings. The van der Waals surface area contributed by atoms with Crippen molar-refractivity contribution < 1.29 is 4.79 Å².